The average Bonchev–Trinajstić information content (AvgIpc) is 2.81. The van der Waals surface area contributed by atoms with Crippen molar-refractivity contribution in [3.63, 3.8) is 0 Å². The quantitative estimate of drug-likeness (QED) is 0.890. The molecule has 0 spiro atoms. The van der Waals surface area contributed by atoms with Crippen LogP contribution in [-0.2, 0) is 19.4 Å². The number of aryl methyl sites for hydroxylation is 3. The number of nitrogens with zero attached hydrogens (tertiary/aromatic N) is 3. The number of nitrogens with one attached hydrogen (secondary N) is 1. The van der Waals surface area contributed by atoms with E-state index in [1.165, 1.54) is 5.56 Å². The number of aromatic nitrogens is 3. The van der Waals surface area contributed by atoms with Crippen LogP contribution in [0.1, 0.15) is 42.5 Å². The lowest BCUT2D eigenvalue weighted by Crippen LogP contribution is -2.22. The van der Waals surface area contributed by atoms with E-state index in [0.717, 1.165) is 41.5 Å². The predicted molar refractivity (Wildman–Crippen MR) is 86.8 cm³/mol. The Kier molecular flexibility index (Phi) is 5.37. The molecule has 1 unspecified atom stereocenters. The van der Waals surface area contributed by atoms with Crippen LogP contribution in [-0.4, -0.2) is 21.8 Å². The summed E-state index contributed by atoms with van der Waals surface area (Å²) >= 11 is 6.51. The lowest BCUT2D eigenvalue weighted by Gasteiger charge is -2.19. The summed E-state index contributed by atoms with van der Waals surface area (Å²) in [5, 5.41) is 8.77. The van der Waals surface area contributed by atoms with Crippen LogP contribution >= 0.6 is 11.6 Å². The van der Waals surface area contributed by atoms with E-state index < -0.39 is 0 Å². The molecule has 5 heteroatoms. The van der Waals surface area contributed by atoms with E-state index in [4.69, 9.17) is 11.6 Å². The zero-order valence-electron chi connectivity index (χ0n) is 13.2. The Bertz CT molecular complexity index is 606. The molecule has 0 aliphatic rings. The van der Waals surface area contributed by atoms with Gasteiger partial charge < -0.3 is 5.32 Å². The van der Waals surface area contributed by atoms with Crippen molar-refractivity contribution < 1.29 is 0 Å². The smallest absolute Gasteiger partial charge is 0.0850 e. The third-order valence-electron chi connectivity index (χ3n) is 3.86. The first-order valence-corrected chi connectivity index (χ1v) is 7.82. The maximum atomic E-state index is 6.51. The summed E-state index contributed by atoms with van der Waals surface area (Å²) < 4.78 is 2.01. The molecule has 2 aromatic heterocycles. The Labute approximate surface area is 131 Å². The topological polar surface area (TPSA) is 42.7 Å². The molecule has 2 aromatic rings. The van der Waals surface area contributed by atoms with E-state index in [0.29, 0.717) is 0 Å². The highest BCUT2D eigenvalue weighted by Crippen LogP contribution is 2.27. The van der Waals surface area contributed by atoms with Gasteiger partial charge in [0.2, 0.25) is 0 Å². The minimum absolute atomic E-state index is 0.183. The van der Waals surface area contributed by atoms with Gasteiger partial charge in [0, 0.05) is 30.9 Å². The highest BCUT2D eigenvalue weighted by molar-refractivity contribution is 6.31. The van der Waals surface area contributed by atoms with Crippen molar-refractivity contribution in [1.82, 2.24) is 20.1 Å². The molecule has 2 rings (SSSR count). The summed E-state index contributed by atoms with van der Waals surface area (Å²) in [4.78, 5) is 4.38. The predicted octanol–water partition coefficient (Wildman–Crippen LogP) is 3.33. The van der Waals surface area contributed by atoms with Crippen molar-refractivity contribution in [2.75, 3.05) is 7.05 Å². The van der Waals surface area contributed by atoms with Crippen LogP contribution in [0, 0.1) is 6.92 Å². The minimum Gasteiger partial charge on any atom is -0.313 e. The van der Waals surface area contributed by atoms with Crippen molar-refractivity contribution in [2.24, 2.45) is 0 Å². The number of hydrogen-bond acceptors (Lipinski definition) is 3. The number of pyridine rings is 1. The van der Waals surface area contributed by atoms with Gasteiger partial charge >= 0.3 is 0 Å². The molecule has 1 N–H and O–H groups in total. The Morgan fingerprint density at radius 1 is 1.38 bits per heavy atom. The first kappa shape index (κ1) is 16.0. The normalized spacial score (nSPS) is 12.6. The summed E-state index contributed by atoms with van der Waals surface area (Å²) in [5.74, 6) is 0. The Hall–Kier alpha value is -1.39. The van der Waals surface area contributed by atoms with Crippen molar-refractivity contribution in [1.29, 1.82) is 0 Å². The highest BCUT2D eigenvalue weighted by atomic mass is 35.5. The van der Waals surface area contributed by atoms with Gasteiger partial charge in [-0.1, -0.05) is 24.6 Å². The Balaban J connectivity index is 2.35. The second kappa shape index (κ2) is 7.05. The lowest BCUT2D eigenvalue weighted by atomic mass is 10.0. The van der Waals surface area contributed by atoms with Crippen LogP contribution in [0.3, 0.4) is 0 Å². The van der Waals surface area contributed by atoms with Crippen LogP contribution < -0.4 is 5.32 Å². The van der Waals surface area contributed by atoms with E-state index in [9.17, 15) is 0 Å². The molecule has 0 amide bonds. The summed E-state index contributed by atoms with van der Waals surface area (Å²) in [6.07, 6.45) is 3.49. The SMILES string of the molecule is CCc1nn(CC)c(CC(NC)c2cccnc2C)c1Cl. The molecule has 0 bridgehead atoms. The summed E-state index contributed by atoms with van der Waals surface area (Å²) in [5.41, 5.74) is 4.33. The van der Waals surface area contributed by atoms with Gasteiger partial charge in [0.15, 0.2) is 0 Å². The highest BCUT2D eigenvalue weighted by Gasteiger charge is 2.20. The van der Waals surface area contributed by atoms with Gasteiger partial charge in [-0.25, -0.2) is 0 Å². The van der Waals surface area contributed by atoms with Gasteiger partial charge in [-0.05, 0) is 38.9 Å². The molecule has 1 atom stereocenters. The van der Waals surface area contributed by atoms with E-state index in [1.54, 1.807) is 0 Å². The molecule has 0 fully saturated rings. The second-order valence-corrected chi connectivity index (χ2v) is 5.48. The number of rotatable bonds is 6. The third-order valence-corrected chi connectivity index (χ3v) is 4.30. The molecule has 2 heterocycles. The lowest BCUT2D eigenvalue weighted by molar-refractivity contribution is 0.537. The van der Waals surface area contributed by atoms with Crippen molar-refractivity contribution in [2.45, 2.75) is 46.2 Å². The molecule has 0 aromatic carbocycles. The molecule has 0 aliphatic carbocycles. The Morgan fingerprint density at radius 3 is 2.71 bits per heavy atom. The first-order chi connectivity index (χ1) is 10.1. The van der Waals surface area contributed by atoms with E-state index in [2.05, 4.69) is 35.3 Å². The standard InChI is InChI=1S/C16H23ClN4/c1-5-13-16(17)15(21(6-2)20-13)10-14(18-4)12-8-7-9-19-11(12)3/h7-9,14,18H,5-6,10H2,1-4H3. The minimum atomic E-state index is 0.183. The summed E-state index contributed by atoms with van der Waals surface area (Å²) in [7, 11) is 1.97. The molecule has 0 saturated heterocycles. The molecule has 0 radical (unpaired) electrons. The van der Waals surface area contributed by atoms with Gasteiger partial charge in [-0.3, -0.25) is 9.67 Å². The average molecular weight is 307 g/mol. The van der Waals surface area contributed by atoms with Gasteiger partial charge in [0.05, 0.1) is 16.4 Å². The van der Waals surface area contributed by atoms with Gasteiger partial charge in [0.25, 0.3) is 0 Å². The molecular formula is C16H23ClN4. The molecule has 114 valence electrons. The van der Waals surface area contributed by atoms with Crippen LogP contribution in [0.4, 0.5) is 0 Å². The zero-order chi connectivity index (χ0) is 15.4. The fourth-order valence-electron chi connectivity index (χ4n) is 2.64. The van der Waals surface area contributed by atoms with Gasteiger partial charge in [-0.2, -0.15) is 5.10 Å². The molecule has 21 heavy (non-hydrogen) atoms. The maximum Gasteiger partial charge on any atom is 0.0850 e. The van der Waals surface area contributed by atoms with Crippen molar-refractivity contribution in [3.8, 4) is 0 Å². The summed E-state index contributed by atoms with van der Waals surface area (Å²) in [6.45, 7) is 7.04. The number of hydrogen-bond donors (Lipinski definition) is 1. The monoisotopic (exact) mass is 306 g/mol. The maximum absolute atomic E-state index is 6.51. The second-order valence-electron chi connectivity index (χ2n) is 5.10. The van der Waals surface area contributed by atoms with Crippen LogP contribution in [0.25, 0.3) is 0 Å². The van der Waals surface area contributed by atoms with E-state index in [1.807, 2.05) is 30.9 Å². The van der Waals surface area contributed by atoms with Crippen LogP contribution in [0.5, 0.6) is 0 Å². The molecule has 0 saturated carbocycles. The van der Waals surface area contributed by atoms with Crippen LogP contribution in [0.2, 0.25) is 5.02 Å². The molecular weight excluding hydrogens is 284 g/mol. The Morgan fingerprint density at radius 2 is 2.14 bits per heavy atom. The zero-order valence-corrected chi connectivity index (χ0v) is 13.9. The van der Waals surface area contributed by atoms with E-state index in [-0.39, 0.29) is 6.04 Å². The molecule has 4 nitrogen and oxygen atoms in total. The third kappa shape index (κ3) is 3.27. The fourth-order valence-corrected chi connectivity index (χ4v) is 2.98. The first-order valence-electron chi connectivity index (χ1n) is 7.45. The van der Waals surface area contributed by atoms with Gasteiger partial charge in [0.1, 0.15) is 0 Å². The number of halogens is 1. The van der Waals surface area contributed by atoms with Crippen LogP contribution in [0.15, 0.2) is 18.3 Å². The molecule has 0 aliphatic heterocycles. The summed E-state index contributed by atoms with van der Waals surface area (Å²) in [6, 6.07) is 4.27. The van der Waals surface area contributed by atoms with Crippen molar-refractivity contribution in [3.05, 3.63) is 46.0 Å². The van der Waals surface area contributed by atoms with E-state index >= 15 is 0 Å². The van der Waals surface area contributed by atoms with Crippen molar-refractivity contribution >= 4 is 11.6 Å². The number of likely N-dealkylation sites (N-methyl/N-ethyl adjacent to an activating group) is 1. The largest absolute Gasteiger partial charge is 0.313 e. The fraction of sp³-hybridized carbons (Fsp3) is 0.500. The van der Waals surface area contributed by atoms with Gasteiger partial charge in [-0.15, -0.1) is 0 Å².